The van der Waals surface area contributed by atoms with E-state index >= 15 is 0 Å². The van der Waals surface area contributed by atoms with Crippen LogP contribution in [0.25, 0.3) is 0 Å². The van der Waals surface area contributed by atoms with Crippen molar-refractivity contribution in [1.82, 2.24) is 9.78 Å². The van der Waals surface area contributed by atoms with Gasteiger partial charge < -0.3 is 5.11 Å². The summed E-state index contributed by atoms with van der Waals surface area (Å²) < 4.78 is 15.7. The summed E-state index contributed by atoms with van der Waals surface area (Å²) in [5, 5.41) is 15.2. The van der Waals surface area contributed by atoms with Crippen molar-refractivity contribution in [3.63, 3.8) is 0 Å². The lowest BCUT2D eigenvalue weighted by Gasteiger charge is -2.14. The summed E-state index contributed by atoms with van der Waals surface area (Å²) >= 11 is 9.54. The van der Waals surface area contributed by atoms with Gasteiger partial charge in [0.1, 0.15) is 5.82 Å². The van der Waals surface area contributed by atoms with Crippen LogP contribution in [0.5, 0.6) is 0 Å². The van der Waals surface area contributed by atoms with E-state index in [1.807, 2.05) is 13.8 Å². The number of halogens is 3. The first-order valence-corrected chi connectivity index (χ1v) is 7.46. The first-order chi connectivity index (χ1) is 9.43. The molecule has 6 heteroatoms. The molecule has 0 aliphatic rings. The van der Waals surface area contributed by atoms with Crippen LogP contribution >= 0.6 is 27.5 Å². The van der Waals surface area contributed by atoms with E-state index in [0.717, 1.165) is 11.4 Å². The van der Waals surface area contributed by atoms with E-state index in [1.54, 1.807) is 10.7 Å². The Morgan fingerprint density at radius 2 is 2.20 bits per heavy atom. The molecule has 3 nitrogen and oxygen atoms in total. The van der Waals surface area contributed by atoms with Gasteiger partial charge in [-0.05, 0) is 37.6 Å². The molecule has 2 rings (SSSR count). The van der Waals surface area contributed by atoms with Crippen LogP contribution in [-0.4, -0.2) is 14.9 Å². The van der Waals surface area contributed by atoms with Gasteiger partial charge in [0.2, 0.25) is 0 Å². The van der Waals surface area contributed by atoms with Crippen LogP contribution in [0, 0.1) is 12.7 Å². The van der Waals surface area contributed by atoms with Crippen LogP contribution in [0.4, 0.5) is 4.39 Å². The fourth-order valence-corrected chi connectivity index (χ4v) is 2.85. The normalized spacial score (nSPS) is 12.7. The average molecular weight is 362 g/mol. The molecule has 1 aromatic carbocycles. The number of hydrogen-bond donors (Lipinski definition) is 1. The molecular weight excluding hydrogens is 347 g/mol. The number of aliphatic hydroxyl groups is 1. The van der Waals surface area contributed by atoms with Crippen LogP contribution < -0.4 is 0 Å². The third kappa shape index (κ3) is 3.05. The molecule has 0 spiro atoms. The summed E-state index contributed by atoms with van der Waals surface area (Å²) in [5.41, 5.74) is 1.99. The van der Waals surface area contributed by atoms with E-state index in [0.29, 0.717) is 21.6 Å². The number of aryl methyl sites for hydroxylation is 2. The summed E-state index contributed by atoms with van der Waals surface area (Å²) in [5.74, 6) is -0.381. The third-order valence-electron chi connectivity index (χ3n) is 3.16. The van der Waals surface area contributed by atoms with Gasteiger partial charge in [0, 0.05) is 17.4 Å². The fraction of sp³-hybridized carbons (Fsp3) is 0.357. The Balaban J connectivity index is 2.32. The van der Waals surface area contributed by atoms with Crippen molar-refractivity contribution in [3.05, 3.63) is 50.5 Å². The van der Waals surface area contributed by atoms with E-state index in [4.69, 9.17) is 11.6 Å². The molecule has 20 heavy (non-hydrogen) atoms. The predicted octanol–water partition coefficient (Wildman–Crippen LogP) is 4.04. The van der Waals surface area contributed by atoms with Gasteiger partial charge in [-0.15, -0.1) is 0 Å². The zero-order valence-electron chi connectivity index (χ0n) is 11.2. The molecule has 0 radical (unpaired) electrons. The Kier molecular flexibility index (Phi) is 4.83. The van der Waals surface area contributed by atoms with Crippen molar-refractivity contribution < 1.29 is 9.50 Å². The van der Waals surface area contributed by atoms with Crippen LogP contribution in [0.15, 0.2) is 22.7 Å². The van der Waals surface area contributed by atoms with Gasteiger partial charge in [0.25, 0.3) is 0 Å². The summed E-state index contributed by atoms with van der Waals surface area (Å²) in [6, 6.07) is 4.24. The van der Waals surface area contributed by atoms with Gasteiger partial charge in [-0.1, -0.05) is 27.5 Å². The number of nitrogens with zero attached hydrogens (tertiary/aromatic N) is 2. The first kappa shape index (κ1) is 15.5. The van der Waals surface area contributed by atoms with Gasteiger partial charge in [-0.2, -0.15) is 5.10 Å². The largest absolute Gasteiger partial charge is 0.388 e. The topological polar surface area (TPSA) is 38.0 Å². The van der Waals surface area contributed by atoms with Gasteiger partial charge in [-0.25, -0.2) is 4.39 Å². The monoisotopic (exact) mass is 360 g/mol. The van der Waals surface area contributed by atoms with E-state index in [2.05, 4.69) is 21.0 Å². The number of benzene rings is 1. The molecule has 0 amide bonds. The fourth-order valence-electron chi connectivity index (χ4n) is 2.13. The summed E-state index contributed by atoms with van der Waals surface area (Å²) in [4.78, 5) is 0. The number of aliphatic hydroxyl groups excluding tert-OH is 1. The summed E-state index contributed by atoms with van der Waals surface area (Å²) in [7, 11) is 0. The molecular formula is C14H15BrClFN2O. The molecule has 1 atom stereocenters. The molecule has 1 N–H and O–H groups in total. The van der Waals surface area contributed by atoms with Crippen LogP contribution in [-0.2, 0) is 13.0 Å². The third-order valence-corrected chi connectivity index (χ3v) is 4.37. The van der Waals surface area contributed by atoms with Gasteiger partial charge in [0.15, 0.2) is 0 Å². The second-order valence-electron chi connectivity index (χ2n) is 4.55. The van der Waals surface area contributed by atoms with Crippen molar-refractivity contribution in [2.45, 2.75) is 32.9 Å². The lowest BCUT2D eigenvalue weighted by Crippen LogP contribution is -2.09. The second-order valence-corrected chi connectivity index (χ2v) is 5.78. The molecule has 1 heterocycles. The minimum Gasteiger partial charge on any atom is -0.388 e. The average Bonchev–Trinajstić information content (AvgIpc) is 2.69. The molecule has 0 aliphatic heterocycles. The minimum atomic E-state index is -0.848. The van der Waals surface area contributed by atoms with Gasteiger partial charge in [-0.3, -0.25) is 4.68 Å². The highest BCUT2D eigenvalue weighted by Crippen LogP contribution is 2.30. The van der Waals surface area contributed by atoms with E-state index in [1.165, 1.54) is 12.1 Å². The standard InChI is InChI=1S/C14H15BrClFN2O/c1-3-19-12(14(16)8(2)18-19)7-13(20)10-6-9(17)4-5-11(10)15/h4-6,13,20H,3,7H2,1-2H3. The lowest BCUT2D eigenvalue weighted by atomic mass is 10.0. The quantitative estimate of drug-likeness (QED) is 0.892. The van der Waals surface area contributed by atoms with Crippen molar-refractivity contribution >= 4 is 27.5 Å². The maximum absolute atomic E-state index is 13.3. The predicted molar refractivity (Wildman–Crippen MR) is 80.4 cm³/mol. The SMILES string of the molecule is CCn1nc(C)c(Cl)c1CC(O)c1cc(F)ccc1Br. The highest BCUT2D eigenvalue weighted by molar-refractivity contribution is 9.10. The highest BCUT2D eigenvalue weighted by Gasteiger charge is 2.19. The molecule has 0 aliphatic carbocycles. The van der Waals surface area contributed by atoms with Crippen LogP contribution in [0.2, 0.25) is 5.02 Å². The zero-order valence-corrected chi connectivity index (χ0v) is 13.5. The Bertz CT molecular complexity index is 630. The maximum Gasteiger partial charge on any atom is 0.123 e. The smallest absolute Gasteiger partial charge is 0.123 e. The molecule has 108 valence electrons. The molecule has 1 aromatic heterocycles. The van der Waals surface area contributed by atoms with Crippen molar-refractivity contribution in [2.75, 3.05) is 0 Å². The molecule has 1 unspecified atom stereocenters. The Hall–Kier alpha value is -0.910. The van der Waals surface area contributed by atoms with Crippen LogP contribution in [0.3, 0.4) is 0 Å². The number of aromatic nitrogens is 2. The molecule has 0 saturated carbocycles. The van der Waals surface area contributed by atoms with Crippen molar-refractivity contribution in [1.29, 1.82) is 0 Å². The molecule has 2 aromatic rings. The van der Waals surface area contributed by atoms with Crippen LogP contribution in [0.1, 0.15) is 30.0 Å². The van der Waals surface area contributed by atoms with Crippen molar-refractivity contribution in [3.8, 4) is 0 Å². The zero-order chi connectivity index (χ0) is 14.9. The molecule has 0 bridgehead atoms. The van der Waals surface area contributed by atoms with E-state index in [9.17, 15) is 9.50 Å². The maximum atomic E-state index is 13.3. The minimum absolute atomic E-state index is 0.287. The summed E-state index contributed by atoms with van der Waals surface area (Å²) in [6.45, 7) is 4.44. The summed E-state index contributed by atoms with van der Waals surface area (Å²) in [6.07, 6.45) is -0.561. The van der Waals surface area contributed by atoms with Crippen molar-refractivity contribution in [2.24, 2.45) is 0 Å². The highest BCUT2D eigenvalue weighted by atomic mass is 79.9. The first-order valence-electron chi connectivity index (χ1n) is 6.28. The lowest BCUT2D eigenvalue weighted by molar-refractivity contribution is 0.174. The Morgan fingerprint density at radius 3 is 2.85 bits per heavy atom. The van der Waals surface area contributed by atoms with Gasteiger partial charge in [0.05, 0.1) is 22.5 Å². The number of hydrogen-bond acceptors (Lipinski definition) is 2. The number of rotatable bonds is 4. The van der Waals surface area contributed by atoms with E-state index < -0.39 is 6.10 Å². The van der Waals surface area contributed by atoms with Gasteiger partial charge >= 0.3 is 0 Å². The molecule has 0 saturated heterocycles. The Morgan fingerprint density at radius 1 is 1.50 bits per heavy atom. The Labute approximate surface area is 130 Å². The van der Waals surface area contributed by atoms with E-state index in [-0.39, 0.29) is 12.2 Å². The molecule has 0 fully saturated rings. The second kappa shape index (κ2) is 6.24.